The highest BCUT2D eigenvalue weighted by Gasteiger charge is 2.24. The Morgan fingerprint density at radius 2 is 2.09 bits per heavy atom. The Balaban J connectivity index is 0.00000192. The maximum atomic E-state index is 5.51. The maximum absolute atomic E-state index is 5.51. The average molecular weight is 399 g/mol. The van der Waals surface area contributed by atoms with Crippen molar-refractivity contribution in [3.05, 3.63) is 58.3 Å². The first-order valence-corrected chi connectivity index (χ1v) is 8.24. The number of nitrogens with zero attached hydrogens (tertiary/aromatic N) is 2. The minimum Gasteiger partial charge on any atom is -0.496 e. The van der Waals surface area contributed by atoms with E-state index in [1.165, 1.54) is 11.1 Å². The molecule has 1 unspecified atom stereocenters. The summed E-state index contributed by atoms with van der Waals surface area (Å²) >= 11 is 3.56. The van der Waals surface area contributed by atoms with Gasteiger partial charge < -0.3 is 10.1 Å². The molecule has 124 valence electrons. The molecule has 1 aliphatic heterocycles. The number of methoxy groups -OCH3 is 1. The Morgan fingerprint density at radius 3 is 2.83 bits per heavy atom. The Hall–Kier alpha value is -1.14. The lowest BCUT2D eigenvalue weighted by molar-refractivity contribution is 0.152. The van der Waals surface area contributed by atoms with Crippen LogP contribution >= 0.6 is 28.3 Å². The normalized spacial score (nSPS) is 18.3. The van der Waals surface area contributed by atoms with E-state index in [9.17, 15) is 0 Å². The highest BCUT2D eigenvalue weighted by atomic mass is 79.9. The predicted molar refractivity (Wildman–Crippen MR) is 98.2 cm³/mol. The second-order valence-corrected chi connectivity index (χ2v) is 6.34. The van der Waals surface area contributed by atoms with Crippen molar-refractivity contribution in [2.75, 3.05) is 26.7 Å². The van der Waals surface area contributed by atoms with Crippen molar-refractivity contribution >= 4 is 28.3 Å². The number of hydrogen-bond donors (Lipinski definition) is 1. The number of aromatic nitrogens is 1. The molecule has 2 aromatic rings. The van der Waals surface area contributed by atoms with Gasteiger partial charge in [0.1, 0.15) is 5.75 Å². The van der Waals surface area contributed by atoms with Gasteiger partial charge in [0, 0.05) is 54.7 Å². The first-order valence-electron chi connectivity index (χ1n) is 7.45. The van der Waals surface area contributed by atoms with Gasteiger partial charge in [0.05, 0.1) is 7.11 Å². The van der Waals surface area contributed by atoms with E-state index in [2.05, 4.69) is 49.3 Å². The molecule has 3 rings (SSSR count). The molecule has 0 bridgehead atoms. The number of halogens is 2. The van der Waals surface area contributed by atoms with E-state index < -0.39 is 0 Å². The zero-order valence-electron chi connectivity index (χ0n) is 13.0. The average Bonchev–Trinajstić information content (AvgIpc) is 2.56. The van der Waals surface area contributed by atoms with E-state index in [0.29, 0.717) is 6.04 Å². The topological polar surface area (TPSA) is 37.4 Å². The molecule has 1 aliphatic rings. The number of benzene rings is 1. The standard InChI is InChI=1S/C17H20BrN3O.ClH/c1-22-17-3-2-15(18)10-14(17)12-21-9-8-20-11-16(21)13-4-6-19-7-5-13;/h2-7,10,16,20H,8-9,11-12H2,1H3;1H. The molecule has 6 heteroatoms. The smallest absolute Gasteiger partial charge is 0.123 e. The van der Waals surface area contributed by atoms with Crippen molar-refractivity contribution in [2.24, 2.45) is 0 Å². The number of piperazine rings is 1. The van der Waals surface area contributed by atoms with E-state index in [-0.39, 0.29) is 12.4 Å². The molecule has 1 aromatic heterocycles. The minimum atomic E-state index is 0. The van der Waals surface area contributed by atoms with Gasteiger partial charge in [0.25, 0.3) is 0 Å². The predicted octanol–water partition coefficient (Wildman–Crippen LogP) is 3.42. The molecule has 1 N–H and O–H groups in total. The van der Waals surface area contributed by atoms with Crippen LogP contribution in [0.25, 0.3) is 0 Å². The fourth-order valence-corrected chi connectivity index (χ4v) is 3.35. The lowest BCUT2D eigenvalue weighted by Crippen LogP contribution is -2.45. The third-order valence-corrected chi connectivity index (χ3v) is 4.55. The summed E-state index contributed by atoms with van der Waals surface area (Å²) in [5.74, 6) is 0.940. The largest absolute Gasteiger partial charge is 0.496 e. The molecular formula is C17H21BrClN3O. The van der Waals surface area contributed by atoms with Gasteiger partial charge >= 0.3 is 0 Å². The van der Waals surface area contributed by atoms with Crippen LogP contribution in [0, 0.1) is 0 Å². The van der Waals surface area contributed by atoms with Gasteiger partial charge in [0.2, 0.25) is 0 Å². The van der Waals surface area contributed by atoms with Gasteiger partial charge in [-0.25, -0.2) is 0 Å². The fraction of sp³-hybridized carbons (Fsp3) is 0.353. The quantitative estimate of drug-likeness (QED) is 0.856. The van der Waals surface area contributed by atoms with Crippen LogP contribution in [0.4, 0.5) is 0 Å². The monoisotopic (exact) mass is 397 g/mol. The molecule has 4 nitrogen and oxygen atoms in total. The molecule has 2 heterocycles. The number of pyridine rings is 1. The minimum absolute atomic E-state index is 0. The Morgan fingerprint density at radius 1 is 1.30 bits per heavy atom. The molecule has 0 saturated carbocycles. The Labute approximate surface area is 151 Å². The summed E-state index contributed by atoms with van der Waals surface area (Å²) in [5.41, 5.74) is 2.51. The van der Waals surface area contributed by atoms with Crippen molar-refractivity contribution in [1.29, 1.82) is 0 Å². The van der Waals surface area contributed by atoms with Crippen LogP contribution in [0.3, 0.4) is 0 Å². The van der Waals surface area contributed by atoms with E-state index in [0.717, 1.165) is 36.4 Å². The summed E-state index contributed by atoms with van der Waals surface area (Å²) < 4.78 is 6.59. The fourth-order valence-electron chi connectivity index (χ4n) is 2.94. The summed E-state index contributed by atoms with van der Waals surface area (Å²) in [4.78, 5) is 6.62. The molecule has 1 aromatic carbocycles. The second-order valence-electron chi connectivity index (χ2n) is 5.43. The Kier molecular flexibility index (Phi) is 6.84. The van der Waals surface area contributed by atoms with Crippen molar-refractivity contribution < 1.29 is 4.74 Å². The zero-order valence-corrected chi connectivity index (χ0v) is 15.4. The van der Waals surface area contributed by atoms with Crippen molar-refractivity contribution in [1.82, 2.24) is 15.2 Å². The lowest BCUT2D eigenvalue weighted by Gasteiger charge is -2.36. The highest BCUT2D eigenvalue weighted by Crippen LogP contribution is 2.29. The Bertz CT molecular complexity index is 626. The molecule has 1 saturated heterocycles. The molecular weight excluding hydrogens is 378 g/mol. The second kappa shape index (κ2) is 8.64. The van der Waals surface area contributed by atoms with Crippen LogP contribution in [0.15, 0.2) is 47.2 Å². The third-order valence-electron chi connectivity index (χ3n) is 4.06. The number of rotatable bonds is 4. The summed E-state index contributed by atoms with van der Waals surface area (Å²) in [5, 5.41) is 3.49. The van der Waals surface area contributed by atoms with E-state index in [1.807, 2.05) is 24.5 Å². The van der Waals surface area contributed by atoms with E-state index in [4.69, 9.17) is 4.74 Å². The van der Waals surface area contributed by atoms with Gasteiger partial charge in [-0.15, -0.1) is 12.4 Å². The van der Waals surface area contributed by atoms with Gasteiger partial charge in [-0.05, 0) is 35.9 Å². The van der Waals surface area contributed by atoms with E-state index >= 15 is 0 Å². The number of ether oxygens (including phenoxy) is 1. The van der Waals surface area contributed by atoms with Gasteiger partial charge in [-0.1, -0.05) is 15.9 Å². The first kappa shape index (κ1) is 18.2. The van der Waals surface area contributed by atoms with Crippen LogP contribution in [-0.4, -0.2) is 36.6 Å². The van der Waals surface area contributed by atoms with Crippen LogP contribution in [-0.2, 0) is 6.54 Å². The van der Waals surface area contributed by atoms with Gasteiger partial charge in [-0.2, -0.15) is 0 Å². The zero-order chi connectivity index (χ0) is 15.4. The summed E-state index contributed by atoms with van der Waals surface area (Å²) in [6.07, 6.45) is 3.73. The molecule has 23 heavy (non-hydrogen) atoms. The van der Waals surface area contributed by atoms with Crippen molar-refractivity contribution in [2.45, 2.75) is 12.6 Å². The molecule has 0 amide bonds. The van der Waals surface area contributed by atoms with E-state index in [1.54, 1.807) is 7.11 Å². The molecule has 1 atom stereocenters. The third kappa shape index (κ3) is 4.44. The number of nitrogens with one attached hydrogen (secondary N) is 1. The van der Waals surface area contributed by atoms with Crippen LogP contribution in [0.2, 0.25) is 0 Å². The van der Waals surface area contributed by atoms with Crippen LogP contribution in [0.1, 0.15) is 17.2 Å². The maximum Gasteiger partial charge on any atom is 0.123 e. The van der Waals surface area contributed by atoms with Gasteiger partial charge in [-0.3, -0.25) is 9.88 Å². The summed E-state index contributed by atoms with van der Waals surface area (Å²) in [6.45, 7) is 3.86. The molecule has 0 spiro atoms. The summed E-state index contributed by atoms with van der Waals surface area (Å²) in [7, 11) is 1.73. The highest BCUT2D eigenvalue weighted by molar-refractivity contribution is 9.10. The first-order chi connectivity index (χ1) is 10.8. The SMILES string of the molecule is COc1ccc(Br)cc1CN1CCNCC1c1ccncc1.Cl. The molecule has 0 aliphatic carbocycles. The number of hydrogen-bond acceptors (Lipinski definition) is 4. The molecule has 0 radical (unpaired) electrons. The summed E-state index contributed by atoms with van der Waals surface area (Å²) in [6, 6.07) is 10.7. The van der Waals surface area contributed by atoms with Crippen molar-refractivity contribution in [3.8, 4) is 5.75 Å². The van der Waals surface area contributed by atoms with Gasteiger partial charge in [0.15, 0.2) is 0 Å². The van der Waals surface area contributed by atoms with Crippen molar-refractivity contribution in [3.63, 3.8) is 0 Å². The molecule has 1 fully saturated rings. The van der Waals surface area contributed by atoms with Crippen LogP contribution in [0.5, 0.6) is 5.75 Å². The lowest BCUT2D eigenvalue weighted by atomic mass is 10.0. The van der Waals surface area contributed by atoms with Crippen LogP contribution < -0.4 is 10.1 Å².